The number of anilines is 1. The summed E-state index contributed by atoms with van der Waals surface area (Å²) >= 11 is 5.94. The molecule has 1 amide bonds. The number of amides is 1. The van der Waals surface area contributed by atoms with Gasteiger partial charge in [0, 0.05) is 10.7 Å². The molecule has 2 atom stereocenters. The third-order valence-electron chi connectivity index (χ3n) is 3.78. The van der Waals surface area contributed by atoms with E-state index in [-0.39, 0.29) is 5.69 Å². The fourth-order valence-corrected chi connectivity index (χ4v) is 2.88. The SMILES string of the molecule is N[C@@H]1C(=O)N(c2cccc(C(F)(F)F)c2)[C@@H]1c1cccc(Cl)c1. The van der Waals surface area contributed by atoms with Crippen LogP contribution in [-0.4, -0.2) is 11.9 Å². The number of hydrogen-bond acceptors (Lipinski definition) is 2. The van der Waals surface area contributed by atoms with E-state index >= 15 is 0 Å². The molecule has 0 spiro atoms. The minimum atomic E-state index is -4.47. The number of carbonyl (C=O) groups is 1. The third-order valence-corrected chi connectivity index (χ3v) is 4.02. The minimum Gasteiger partial charge on any atom is -0.318 e. The van der Waals surface area contributed by atoms with Crippen LogP contribution in [0.4, 0.5) is 18.9 Å². The largest absolute Gasteiger partial charge is 0.416 e. The number of β-lactam (4-membered cyclic amide) rings is 1. The van der Waals surface area contributed by atoms with Crippen molar-refractivity contribution in [2.24, 2.45) is 5.73 Å². The minimum absolute atomic E-state index is 0.163. The van der Waals surface area contributed by atoms with Gasteiger partial charge in [0.25, 0.3) is 0 Å². The molecule has 1 saturated heterocycles. The summed E-state index contributed by atoms with van der Waals surface area (Å²) in [5, 5.41) is 0.470. The van der Waals surface area contributed by atoms with Gasteiger partial charge in [-0.1, -0.05) is 29.8 Å². The number of hydrogen-bond donors (Lipinski definition) is 1. The van der Waals surface area contributed by atoms with E-state index in [0.717, 1.165) is 12.1 Å². The lowest BCUT2D eigenvalue weighted by Crippen LogP contribution is -2.63. The van der Waals surface area contributed by atoms with E-state index in [0.29, 0.717) is 10.6 Å². The number of nitrogens with two attached hydrogens (primary N) is 1. The van der Waals surface area contributed by atoms with Crippen molar-refractivity contribution in [2.75, 3.05) is 4.90 Å². The second-order valence-electron chi connectivity index (χ2n) is 5.28. The van der Waals surface area contributed by atoms with Gasteiger partial charge in [0.05, 0.1) is 11.6 Å². The fourth-order valence-electron chi connectivity index (χ4n) is 2.68. The van der Waals surface area contributed by atoms with Crippen LogP contribution >= 0.6 is 11.6 Å². The quantitative estimate of drug-likeness (QED) is 0.846. The summed E-state index contributed by atoms with van der Waals surface area (Å²) in [4.78, 5) is 13.3. The molecule has 0 aliphatic carbocycles. The Labute approximate surface area is 135 Å². The molecule has 7 heteroatoms. The molecule has 3 nitrogen and oxygen atoms in total. The molecule has 1 fully saturated rings. The lowest BCUT2D eigenvalue weighted by molar-refractivity contribution is -0.137. The highest BCUT2D eigenvalue weighted by molar-refractivity contribution is 6.30. The first-order chi connectivity index (χ1) is 10.8. The summed E-state index contributed by atoms with van der Waals surface area (Å²) in [6.45, 7) is 0. The van der Waals surface area contributed by atoms with Crippen molar-refractivity contribution in [2.45, 2.75) is 18.3 Å². The molecular weight excluding hydrogens is 329 g/mol. The summed E-state index contributed by atoms with van der Waals surface area (Å²) in [5.74, 6) is -0.422. The van der Waals surface area contributed by atoms with Gasteiger partial charge in [0.1, 0.15) is 6.04 Å². The van der Waals surface area contributed by atoms with Crippen LogP contribution in [0.1, 0.15) is 17.2 Å². The average molecular weight is 341 g/mol. The van der Waals surface area contributed by atoms with Gasteiger partial charge in [-0.2, -0.15) is 13.2 Å². The van der Waals surface area contributed by atoms with Crippen LogP contribution in [0.5, 0.6) is 0 Å². The molecule has 120 valence electrons. The summed E-state index contributed by atoms with van der Waals surface area (Å²) in [6, 6.07) is 10.1. The Morgan fingerprint density at radius 3 is 2.43 bits per heavy atom. The maximum Gasteiger partial charge on any atom is 0.416 e. The molecule has 0 bridgehead atoms. The molecule has 1 aliphatic heterocycles. The van der Waals surface area contributed by atoms with E-state index in [9.17, 15) is 18.0 Å². The van der Waals surface area contributed by atoms with Gasteiger partial charge in [-0.05, 0) is 35.9 Å². The van der Waals surface area contributed by atoms with Gasteiger partial charge in [0.15, 0.2) is 0 Å². The lowest BCUT2D eigenvalue weighted by atomic mass is 9.88. The molecule has 3 rings (SSSR count). The standard InChI is InChI=1S/C16H12ClF3N2O/c17-11-5-1-3-9(7-11)14-13(21)15(23)22(14)12-6-2-4-10(8-12)16(18,19)20/h1-8,13-14H,21H2/t13-,14+/m0/s1. The highest BCUT2D eigenvalue weighted by Crippen LogP contribution is 2.40. The van der Waals surface area contributed by atoms with E-state index in [1.54, 1.807) is 24.3 Å². The number of nitrogens with zero attached hydrogens (tertiary/aromatic N) is 1. The van der Waals surface area contributed by atoms with Crippen LogP contribution in [0, 0.1) is 0 Å². The first-order valence-corrected chi connectivity index (χ1v) is 7.18. The van der Waals surface area contributed by atoms with E-state index in [2.05, 4.69) is 0 Å². The second-order valence-corrected chi connectivity index (χ2v) is 5.72. The zero-order valence-corrected chi connectivity index (χ0v) is 12.5. The normalized spacial score (nSPS) is 21.3. The summed E-state index contributed by atoms with van der Waals surface area (Å²) < 4.78 is 38.6. The fraction of sp³-hybridized carbons (Fsp3) is 0.188. The summed E-state index contributed by atoms with van der Waals surface area (Å²) in [6.07, 6.45) is -4.47. The highest BCUT2D eigenvalue weighted by Gasteiger charge is 2.47. The monoisotopic (exact) mass is 340 g/mol. The first-order valence-electron chi connectivity index (χ1n) is 6.80. The van der Waals surface area contributed by atoms with Crippen LogP contribution in [0.15, 0.2) is 48.5 Å². The number of carbonyl (C=O) groups excluding carboxylic acids is 1. The van der Waals surface area contributed by atoms with Gasteiger partial charge < -0.3 is 10.6 Å². The molecule has 1 heterocycles. The van der Waals surface area contributed by atoms with Crippen molar-refractivity contribution < 1.29 is 18.0 Å². The van der Waals surface area contributed by atoms with Crippen molar-refractivity contribution in [3.63, 3.8) is 0 Å². The Hall–Kier alpha value is -2.05. The molecule has 0 saturated carbocycles. The molecule has 0 radical (unpaired) electrons. The van der Waals surface area contributed by atoms with Crippen molar-refractivity contribution >= 4 is 23.2 Å². The lowest BCUT2D eigenvalue weighted by Gasteiger charge is -2.45. The Morgan fingerprint density at radius 2 is 1.78 bits per heavy atom. The van der Waals surface area contributed by atoms with E-state index in [1.807, 2.05) is 0 Å². The summed E-state index contributed by atoms with van der Waals surface area (Å²) in [7, 11) is 0. The molecule has 0 unspecified atom stereocenters. The van der Waals surface area contributed by atoms with Gasteiger partial charge in [-0.15, -0.1) is 0 Å². The van der Waals surface area contributed by atoms with Crippen LogP contribution in [-0.2, 0) is 11.0 Å². The third kappa shape index (κ3) is 2.80. The molecule has 2 aromatic rings. The highest BCUT2D eigenvalue weighted by atomic mass is 35.5. The molecule has 2 aromatic carbocycles. The van der Waals surface area contributed by atoms with Gasteiger partial charge >= 0.3 is 6.18 Å². The van der Waals surface area contributed by atoms with Crippen LogP contribution in [0.25, 0.3) is 0 Å². The zero-order chi connectivity index (χ0) is 16.8. The summed E-state index contributed by atoms with van der Waals surface area (Å²) in [5.41, 5.74) is 5.88. The molecular formula is C16H12ClF3N2O. The number of benzene rings is 2. The number of halogens is 4. The van der Waals surface area contributed by atoms with Crippen molar-refractivity contribution in [3.05, 3.63) is 64.7 Å². The van der Waals surface area contributed by atoms with Gasteiger partial charge in [-0.25, -0.2) is 0 Å². The molecule has 0 aromatic heterocycles. The van der Waals surface area contributed by atoms with E-state index < -0.39 is 29.7 Å². The average Bonchev–Trinajstić information content (AvgIpc) is 2.50. The smallest absolute Gasteiger partial charge is 0.318 e. The maximum atomic E-state index is 12.9. The molecule has 2 N–H and O–H groups in total. The van der Waals surface area contributed by atoms with Crippen molar-refractivity contribution in [1.82, 2.24) is 0 Å². The predicted molar refractivity (Wildman–Crippen MR) is 81.1 cm³/mol. The Balaban J connectivity index is 2.00. The molecule has 23 heavy (non-hydrogen) atoms. The van der Waals surface area contributed by atoms with Gasteiger partial charge in [-0.3, -0.25) is 4.79 Å². The van der Waals surface area contributed by atoms with Crippen molar-refractivity contribution in [3.8, 4) is 0 Å². The van der Waals surface area contributed by atoms with Crippen LogP contribution < -0.4 is 10.6 Å². The molecule has 1 aliphatic rings. The van der Waals surface area contributed by atoms with Crippen LogP contribution in [0.3, 0.4) is 0 Å². The Bertz CT molecular complexity index is 763. The van der Waals surface area contributed by atoms with E-state index in [1.165, 1.54) is 17.0 Å². The Morgan fingerprint density at radius 1 is 1.09 bits per heavy atom. The number of rotatable bonds is 2. The van der Waals surface area contributed by atoms with Gasteiger partial charge in [0.2, 0.25) is 5.91 Å². The number of alkyl halides is 3. The van der Waals surface area contributed by atoms with Crippen LogP contribution in [0.2, 0.25) is 5.02 Å². The van der Waals surface area contributed by atoms with E-state index in [4.69, 9.17) is 17.3 Å². The Kier molecular flexibility index (Phi) is 3.82. The topological polar surface area (TPSA) is 46.3 Å². The second kappa shape index (κ2) is 5.54. The first kappa shape index (κ1) is 15.8. The zero-order valence-electron chi connectivity index (χ0n) is 11.7. The van der Waals surface area contributed by atoms with Crippen molar-refractivity contribution in [1.29, 1.82) is 0 Å². The predicted octanol–water partition coefficient (Wildman–Crippen LogP) is 3.77. The maximum absolute atomic E-state index is 12.9.